The predicted molar refractivity (Wildman–Crippen MR) is 140 cm³/mol. The summed E-state index contributed by atoms with van der Waals surface area (Å²) in [5.74, 6) is -1.39. The minimum Gasteiger partial charge on any atom is -0.377 e. The first-order chi connectivity index (χ1) is 18.7. The summed E-state index contributed by atoms with van der Waals surface area (Å²) in [5.41, 5.74) is 3.78. The van der Waals surface area contributed by atoms with Gasteiger partial charge in [-0.05, 0) is 51.4 Å². The second kappa shape index (κ2) is 10.3. The Bertz CT molecular complexity index is 1220. The van der Waals surface area contributed by atoms with E-state index in [0.717, 1.165) is 19.3 Å². The number of nitrogens with one attached hydrogen (secondary N) is 3. The SMILES string of the molecule is CC1CCC(Cn2c(N3CCOC[C@H]3C)nc3nc(C4NOC(=O)N4)nc(N[C@H](C)C4CCC4)c32)CC1(F)F. The Morgan fingerprint density at radius 1 is 1.18 bits per heavy atom. The first-order valence-electron chi connectivity index (χ1n) is 14.2. The topological polar surface area (TPSA) is 118 Å². The molecule has 0 spiro atoms. The number of amides is 1. The van der Waals surface area contributed by atoms with Gasteiger partial charge in [0, 0.05) is 31.5 Å². The van der Waals surface area contributed by atoms with Crippen molar-refractivity contribution in [3.05, 3.63) is 5.82 Å². The van der Waals surface area contributed by atoms with Gasteiger partial charge in [-0.1, -0.05) is 13.3 Å². The maximum Gasteiger partial charge on any atom is 0.427 e. The number of morpholine rings is 1. The molecule has 4 heterocycles. The second-order valence-electron chi connectivity index (χ2n) is 11.8. The monoisotopic (exact) mass is 548 g/mol. The zero-order chi connectivity index (χ0) is 27.3. The number of hydrogen-bond donors (Lipinski definition) is 3. The van der Waals surface area contributed by atoms with E-state index in [1.54, 1.807) is 6.92 Å². The van der Waals surface area contributed by atoms with Gasteiger partial charge in [-0.25, -0.2) is 23.5 Å². The number of carbonyl (C=O) groups is 1. The van der Waals surface area contributed by atoms with E-state index in [1.165, 1.54) is 6.42 Å². The first kappa shape index (κ1) is 26.4. The van der Waals surface area contributed by atoms with Gasteiger partial charge in [0.2, 0.25) is 5.95 Å². The lowest BCUT2D eigenvalue weighted by molar-refractivity contribution is -0.0970. The second-order valence-corrected chi connectivity index (χ2v) is 11.8. The van der Waals surface area contributed by atoms with Gasteiger partial charge in [-0.15, -0.1) is 5.48 Å². The van der Waals surface area contributed by atoms with Crippen LogP contribution in [0.4, 0.5) is 25.3 Å². The summed E-state index contributed by atoms with van der Waals surface area (Å²) in [6, 6.07) is 0.213. The molecule has 2 saturated heterocycles. The number of hydrogen-bond acceptors (Lipinski definition) is 9. The number of hydroxylamine groups is 1. The van der Waals surface area contributed by atoms with Gasteiger partial charge in [0.15, 0.2) is 23.5 Å². The van der Waals surface area contributed by atoms with Crippen LogP contribution in [-0.2, 0) is 16.1 Å². The number of anilines is 2. The summed E-state index contributed by atoms with van der Waals surface area (Å²) in [5, 5.41) is 6.27. The highest BCUT2D eigenvalue weighted by Gasteiger charge is 2.43. The molecule has 0 bridgehead atoms. The number of fused-ring (bicyclic) bond motifs is 1. The average Bonchev–Trinajstić information content (AvgIpc) is 3.44. The van der Waals surface area contributed by atoms with E-state index in [-0.39, 0.29) is 24.4 Å². The number of carbonyl (C=O) groups excluding carboxylic acids is 1. The van der Waals surface area contributed by atoms with Crippen molar-refractivity contribution in [2.24, 2.45) is 17.8 Å². The van der Waals surface area contributed by atoms with Crippen LogP contribution in [0.3, 0.4) is 0 Å². The van der Waals surface area contributed by atoms with Gasteiger partial charge >= 0.3 is 6.09 Å². The fourth-order valence-electron chi connectivity index (χ4n) is 6.17. The number of alkyl halides is 2. The molecule has 1 amide bonds. The van der Waals surface area contributed by atoms with Gasteiger partial charge < -0.3 is 24.4 Å². The van der Waals surface area contributed by atoms with Crippen LogP contribution in [0.2, 0.25) is 0 Å². The molecule has 2 saturated carbocycles. The van der Waals surface area contributed by atoms with Gasteiger partial charge in [-0.3, -0.25) is 5.32 Å². The number of aromatic nitrogens is 4. The number of halogens is 2. The fourth-order valence-corrected chi connectivity index (χ4v) is 6.17. The van der Waals surface area contributed by atoms with E-state index in [4.69, 9.17) is 24.5 Å². The van der Waals surface area contributed by atoms with Gasteiger partial charge in [0.1, 0.15) is 5.52 Å². The predicted octanol–water partition coefficient (Wildman–Crippen LogP) is 3.97. The highest BCUT2D eigenvalue weighted by atomic mass is 19.3. The third-order valence-corrected chi connectivity index (χ3v) is 8.97. The fraction of sp³-hybridized carbons (Fsp3) is 0.769. The van der Waals surface area contributed by atoms with Crippen LogP contribution < -0.4 is 21.0 Å². The molecular formula is C26H38F2N8O3. The smallest absolute Gasteiger partial charge is 0.377 e. The standard InChI is InChI=1S/C26H38F2N8O3/c1-14-7-8-17(11-26(14,27)28)12-36-19-20(29-16(3)18-5-4-6-18)30-22(23-33-25(37)39-34-23)31-21(19)32-24(36)35-9-10-38-13-15(35)2/h14-18,23,34H,4-13H2,1-3H3,(H,33,37)(H,29,30,31)/t14?,15-,16-,17?,23?/m1/s1. The molecule has 4 aliphatic rings. The van der Waals surface area contributed by atoms with Crippen LogP contribution in [0.5, 0.6) is 0 Å². The Morgan fingerprint density at radius 2 is 2.00 bits per heavy atom. The molecule has 13 heteroatoms. The molecule has 4 fully saturated rings. The van der Waals surface area contributed by atoms with E-state index < -0.39 is 24.1 Å². The summed E-state index contributed by atoms with van der Waals surface area (Å²) in [7, 11) is 0. The molecule has 6 rings (SSSR count). The van der Waals surface area contributed by atoms with Crippen LogP contribution in [0.15, 0.2) is 0 Å². The highest BCUT2D eigenvalue weighted by molar-refractivity contribution is 5.86. The molecule has 0 aromatic carbocycles. The summed E-state index contributed by atoms with van der Waals surface area (Å²) in [6.45, 7) is 8.00. The zero-order valence-electron chi connectivity index (χ0n) is 22.8. The summed E-state index contributed by atoms with van der Waals surface area (Å²) in [4.78, 5) is 33.3. The normalized spacial score (nSPS) is 30.1. The Morgan fingerprint density at radius 3 is 2.67 bits per heavy atom. The Balaban J connectivity index is 1.45. The molecule has 2 aromatic rings. The third kappa shape index (κ3) is 5.10. The number of nitrogens with zero attached hydrogens (tertiary/aromatic N) is 5. The molecular weight excluding hydrogens is 510 g/mol. The van der Waals surface area contributed by atoms with Crippen molar-refractivity contribution in [2.45, 2.75) is 90.0 Å². The van der Waals surface area contributed by atoms with Crippen LogP contribution in [0, 0.1) is 17.8 Å². The molecule has 0 radical (unpaired) electrons. The number of imidazole rings is 1. The van der Waals surface area contributed by atoms with Crippen molar-refractivity contribution in [1.82, 2.24) is 30.3 Å². The Kier molecular flexibility index (Phi) is 6.98. The van der Waals surface area contributed by atoms with Crippen LogP contribution >= 0.6 is 0 Å². The molecule has 2 aliphatic carbocycles. The van der Waals surface area contributed by atoms with E-state index in [1.807, 2.05) is 4.57 Å². The van der Waals surface area contributed by atoms with Crippen LogP contribution in [0.1, 0.15) is 71.3 Å². The van der Waals surface area contributed by atoms with Crippen molar-refractivity contribution in [1.29, 1.82) is 0 Å². The molecule has 2 aromatic heterocycles. The van der Waals surface area contributed by atoms with E-state index in [0.29, 0.717) is 67.4 Å². The number of ether oxygens (including phenoxy) is 1. The largest absolute Gasteiger partial charge is 0.427 e. The van der Waals surface area contributed by atoms with E-state index in [9.17, 15) is 13.6 Å². The van der Waals surface area contributed by atoms with E-state index >= 15 is 0 Å². The molecule has 11 nitrogen and oxygen atoms in total. The minimum atomic E-state index is -2.69. The number of rotatable bonds is 7. The summed E-state index contributed by atoms with van der Waals surface area (Å²) in [6.07, 6.45) is 3.24. The lowest BCUT2D eigenvalue weighted by atomic mass is 9.80. The molecule has 3 unspecified atom stereocenters. The first-order valence-corrected chi connectivity index (χ1v) is 14.2. The average molecular weight is 549 g/mol. The van der Waals surface area contributed by atoms with Gasteiger partial charge in [-0.2, -0.15) is 4.98 Å². The van der Waals surface area contributed by atoms with Gasteiger partial charge in [0.05, 0.1) is 19.3 Å². The molecule has 39 heavy (non-hydrogen) atoms. The van der Waals surface area contributed by atoms with Crippen molar-refractivity contribution >= 4 is 29.0 Å². The Labute approximate surface area is 226 Å². The molecule has 214 valence electrons. The third-order valence-electron chi connectivity index (χ3n) is 8.97. The maximum absolute atomic E-state index is 14.8. The van der Waals surface area contributed by atoms with Crippen molar-refractivity contribution < 1.29 is 23.1 Å². The van der Waals surface area contributed by atoms with E-state index in [2.05, 4.69) is 34.9 Å². The molecule has 2 aliphatic heterocycles. The van der Waals surface area contributed by atoms with Crippen LogP contribution in [-0.4, -0.2) is 63.4 Å². The van der Waals surface area contributed by atoms with Crippen molar-refractivity contribution in [3.63, 3.8) is 0 Å². The lowest BCUT2D eigenvalue weighted by Gasteiger charge is -2.37. The molecule has 5 atom stereocenters. The summed E-state index contributed by atoms with van der Waals surface area (Å²) < 4.78 is 37.3. The highest BCUT2D eigenvalue weighted by Crippen LogP contribution is 2.43. The maximum atomic E-state index is 14.8. The van der Waals surface area contributed by atoms with Crippen molar-refractivity contribution in [3.8, 4) is 0 Å². The zero-order valence-corrected chi connectivity index (χ0v) is 22.8. The lowest BCUT2D eigenvalue weighted by Crippen LogP contribution is -2.45. The quantitative estimate of drug-likeness (QED) is 0.472. The minimum absolute atomic E-state index is 0.0593. The summed E-state index contributed by atoms with van der Waals surface area (Å²) >= 11 is 0. The van der Waals surface area contributed by atoms with Gasteiger partial charge in [0.25, 0.3) is 5.92 Å². The van der Waals surface area contributed by atoms with Crippen LogP contribution in [0.25, 0.3) is 11.2 Å². The molecule has 3 N–H and O–H groups in total. The Hall–Kier alpha value is -2.80. The van der Waals surface area contributed by atoms with Crippen molar-refractivity contribution in [2.75, 3.05) is 30.0 Å².